The van der Waals surface area contributed by atoms with Gasteiger partial charge in [0.15, 0.2) is 4.77 Å². The highest BCUT2D eigenvalue weighted by atomic mass is 32.2. The van der Waals surface area contributed by atoms with Crippen LogP contribution in [0.25, 0.3) is 11.0 Å². The third-order valence-electron chi connectivity index (χ3n) is 4.26. The number of aromatic amines is 2. The molecule has 1 aromatic heterocycles. The molecule has 0 saturated heterocycles. The Morgan fingerprint density at radius 2 is 1.67 bits per heavy atom. The minimum Gasteiger partial charge on any atom is -0.331 e. The van der Waals surface area contributed by atoms with Crippen molar-refractivity contribution < 1.29 is 17.6 Å². The van der Waals surface area contributed by atoms with Crippen molar-refractivity contribution in [3.8, 4) is 0 Å². The predicted molar refractivity (Wildman–Crippen MR) is 115 cm³/mol. The summed E-state index contributed by atoms with van der Waals surface area (Å²) in [6.07, 6.45) is 0. The lowest BCUT2D eigenvalue weighted by molar-refractivity contribution is 0.102. The second-order valence-corrected chi connectivity index (χ2v) is 8.50. The molecule has 0 bridgehead atoms. The zero-order valence-electron chi connectivity index (χ0n) is 15.3. The number of benzene rings is 3. The minimum atomic E-state index is -3.78. The Hall–Kier alpha value is -3.50. The maximum atomic E-state index is 13.9. The lowest BCUT2D eigenvalue weighted by Gasteiger charge is -2.11. The number of aromatic nitrogens is 2. The van der Waals surface area contributed by atoms with Crippen LogP contribution in [0.5, 0.6) is 0 Å². The van der Waals surface area contributed by atoms with Gasteiger partial charge in [0, 0.05) is 5.69 Å². The highest BCUT2D eigenvalue weighted by Gasteiger charge is 2.16. The topological polar surface area (TPSA) is 107 Å². The zero-order valence-corrected chi connectivity index (χ0v) is 16.9. The average molecular weight is 442 g/mol. The van der Waals surface area contributed by atoms with Crippen molar-refractivity contribution in [2.24, 2.45) is 0 Å². The van der Waals surface area contributed by atoms with E-state index in [-0.39, 0.29) is 20.9 Å². The van der Waals surface area contributed by atoms with Crippen LogP contribution < -0.4 is 10.0 Å². The molecule has 1 heterocycles. The van der Waals surface area contributed by atoms with E-state index in [0.717, 1.165) is 6.07 Å². The monoisotopic (exact) mass is 442 g/mol. The molecule has 10 heteroatoms. The summed E-state index contributed by atoms with van der Waals surface area (Å²) in [6.45, 7) is 0. The predicted octanol–water partition coefficient (Wildman–Crippen LogP) is 4.42. The summed E-state index contributed by atoms with van der Waals surface area (Å²) in [5.74, 6) is -1.17. The molecule has 0 aliphatic carbocycles. The number of imidazole rings is 1. The van der Waals surface area contributed by atoms with Gasteiger partial charge in [0.1, 0.15) is 5.82 Å². The molecule has 152 valence electrons. The van der Waals surface area contributed by atoms with Gasteiger partial charge in [-0.05, 0) is 54.7 Å². The lowest BCUT2D eigenvalue weighted by Crippen LogP contribution is -2.15. The maximum absolute atomic E-state index is 13.9. The number of carbonyl (C=O) groups is 1. The number of carbonyl (C=O) groups excluding carboxylic acids is 1. The quantitative estimate of drug-likeness (QED) is 0.343. The second kappa shape index (κ2) is 7.73. The Bertz CT molecular complexity index is 1410. The van der Waals surface area contributed by atoms with Crippen molar-refractivity contribution in [2.75, 3.05) is 10.0 Å². The SMILES string of the molecule is O=C(Nc1cccc(NS(=O)(=O)c2ccccc2)c1)c1cc(F)cc2[nH]c(=S)[nH]c12. The van der Waals surface area contributed by atoms with Crippen molar-refractivity contribution in [3.63, 3.8) is 0 Å². The maximum Gasteiger partial charge on any atom is 0.261 e. The van der Waals surface area contributed by atoms with E-state index in [4.69, 9.17) is 12.2 Å². The summed E-state index contributed by atoms with van der Waals surface area (Å²) in [5, 5.41) is 2.64. The molecule has 0 fully saturated rings. The molecule has 0 unspecified atom stereocenters. The fourth-order valence-corrected chi connectivity index (χ4v) is 4.24. The van der Waals surface area contributed by atoms with Crippen molar-refractivity contribution in [3.05, 3.63) is 82.9 Å². The molecule has 0 aliphatic heterocycles. The number of rotatable bonds is 5. The number of anilines is 2. The van der Waals surface area contributed by atoms with Gasteiger partial charge in [-0.15, -0.1) is 0 Å². The first-order valence-corrected chi connectivity index (χ1v) is 10.6. The van der Waals surface area contributed by atoms with E-state index < -0.39 is 21.7 Å². The Labute approximate surface area is 176 Å². The fraction of sp³-hybridized carbons (Fsp3) is 0. The first-order chi connectivity index (χ1) is 14.3. The largest absolute Gasteiger partial charge is 0.331 e. The Morgan fingerprint density at radius 3 is 2.43 bits per heavy atom. The highest BCUT2D eigenvalue weighted by Crippen LogP contribution is 2.22. The summed E-state index contributed by atoms with van der Waals surface area (Å²) in [4.78, 5) is 18.4. The van der Waals surface area contributed by atoms with Crippen LogP contribution in [0.4, 0.5) is 15.8 Å². The van der Waals surface area contributed by atoms with Gasteiger partial charge >= 0.3 is 0 Å². The van der Waals surface area contributed by atoms with Gasteiger partial charge < -0.3 is 15.3 Å². The molecular formula is C20H15FN4O3S2. The van der Waals surface area contributed by atoms with Crippen molar-refractivity contribution in [2.45, 2.75) is 4.90 Å². The van der Waals surface area contributed by atoms with Crippen LogP contribution in [0, 0.1) is 10.6 Å². The lowest BCUT2D eigenvalue weighted by atomic mass is 10.1. The van der Waals surface area contributed by atoms with E-state index in [1.165, 1.54) is 24.3 Å². The van der Waals surface area contributed by atoms with Crippen LogP contribution in [0.1, 0.15) is 10.4 Å². The molecule has 0 radical (unpaired) electrons. The smallest absolute Gasteiger partial charge is 0.261 e. The number of hydrogen-bond donors (Lipinski definition) is 4. The minimum absolute atomic E-state index is 0.0626. The normalized spacial score (nSPS) is 11.4. The molecule has 1 amide bonds. The number of fused-ring (bicyclic) bond motifs is 1. The van der Waals surface area contributed by atoms with E-state index in [9.17, 15) is 17.6 Å². The highest BCUT2D eigenvalue weighted by molar-refractivity contribution is 7.92. The third-order valence-corrected chi connectivity index (χ3v) is 5.86. The number of halogens is 1. The van der Waals surface area contributed by atoms with Crippen LogP contribution in [-0.4, -0.2) is 24.3 Å². The summed E-state index contributed by atoms with van der Waals surface area (Å²) >= 11 is 5.01. The standard InChI is InChI=1S/C20H15FN4O3S2/c21-12-9-16(18-17(10-12)23-20(29)24-18)19(26)22-13-5-4-6-14(11-13)25-30(27,28)15-7-2-1-3-8-15/h1-11,25H,(H,22,26)(H2,23,24,29). The molecular weight excluding hydrogens is 427 g/mol. The van der Waals surface area contributed by atoms with E-state index in [1.54, 1.807) is 36.4 Å². The molecule has 4 rings (SSSR count). The van der Waals surface area contributed by atoms with E-state index in [0.29, 0.717) is 16.7 Å². The van der Waals surface area contributed by atoms with Crippen molar-refractivity contribution in [1.29, 1.82) is 0 Å². The third kappa shape index (κ3) is 4.09. The van der Waals surface area contributed by atoms with Gasteiger partial charge in [-0.25, -0.2) is 12.8 Å². The van der Waals surface area contributed by atoms with Gasteiger partial charge in [-0.3, -0.25) is 9.52 Å². The van der Waals surface area contributed by atoms with Gasteiger partial charge in [0.25, 0.3) is 15.9 Å². The number of hydrogen-bond acceptors (Lipinski definition) is 4. The van der Waals surface area contributed by atoms with Crippen LogP contribution >= 0.6 is 12.2 Å². The molecule has 0 saturated carbocycles. The van der Waals surface area contributed by atoms with E-state index in [1.807, 2.05) is 0 Å². The molecule has 4 N–H and O–H groups in total. The molecule has 4 aromatic rings. The zero-order chi connectivity index (χ0) is 21.3. The Kier molecular flexibility index (Phi) is 5.10. The van der Waals surface area contributed by atoms with E-state index in [2.05, 4.69) is 20.0 Å². The fourth-order valence-electron chi connectivity index (χ4n) is 2.96. The number of nitrogens with one attached hydrogen (secondary N) is 4. The van der Waals surface area contributed by atoms with Crippen LogP contribution in [0.15, 0.2) is 71.6 Å². The van der Waals surface area contributed by atoms with Crippen LogP contribution in [0.2, 0.25) is 0 Å². The number of sulfonamides is 1. The molecule has 3 aromatic carbocycles. The molecule has 0 aliphatic rings. The van der Waals surface area contributed by atoms with Crippen molar-refractivity contribution >= 4 is 50.6 Å². The molecule has 7 nitrogen and oxygen atoms in total. The van der Waals surface area contributed by atoms with Gasteiger partial charge in [0.2, 0.25) is 0 Å². The van der Waals surface area contributed by atoms with Crippen LogP contribution in [-0.2, 0) is 10.0 Å². The summed E-state index contributed by atoms with van der Waals surface area (Å²) in [5.41, 5.74) is 1.41. The first-order valence-electron chi connectivity index (χ1n) is 8.73. The van der Waals surface area contributed by atoms with Gasteiger partial charge in [-0.2, -0.15) is 0 Å². The average Bonchev–Trinajstić information content (AvgIpc) is 3.07. The van der Waals surface area contributed by atoms with E-state index >= 15 is 0 Å². The summed E-state index contributed by atoms with van der Waals surface area (Å²) in [7, 11) is -3.78. The Balaban J connectivity index is 1.60. The second-order valence-electron chi connectivity index (χ2n) is 6.41. The molecule has 30 heavy (non-hydrogen) atoms. The van der Waals surface area contributed by atoms with Crippen molar-refractivity contribution in [1.82, 2.24) is 9.97 Å². The van der Waals surface area contributed by atoms with Gasteiger partial charge in [0.05, 0.1) is 27.2 Å². The summed E-state index contributed by atoms with van der Waals surface area (Å²) in [6, 6.07) is 16.4. The molecule has 0 atom stereocenters. The Morgan fingerprint density at radius 1 is 0.933 bits per heavy atom. The van der Waals surface area contributed by atoms with Gasteiger partial charge in [-0.1, -0.05) is 24.3 Å². The number of amides is 1. The van der Waals surface area contributed by atoms with Crippen LogP contribution in [0.3, 0.4) is 0 Å². The molecule has 0 spiro atoms. The first kappa shape index (κ1) is 19.8. The summed E-state index contributed by atoms with van der Waals surface area (Å²) < 4.78 is 41.6. The number of H-pyrrole nitrogens is 2.